The number of ether oxygens (including phenoxy) is 1. The van der Waals surface area contributed by atoms with E-state index in [0.717, 1.165) is 0 Å². The maximum Gasteiger partial charge on any atom is 0.417 e. The molecule has 2 aromatic carbocycles. The van der Waals surface area contributed by atoms with Gasteiger partial charge in [0.15, 0.2) is 6.61 Å². The second kappa shape index (κ2) is 7.94. The number of anilines is 1. The third-order valence-electron chi connectivity index (χ3n) is 4.22. The Labute approximate surface area is 162 Å². The van der Waals surface area contributed by atoms with Crippen LogP contribution in [0.25, 0.3) is 10.9 Å². The smallest absolute Gasteiger partial charge is 0.417 e. The van der Waals surface area contributed by atoms with Crippen LogP contribution < -0.4 is 15.6 Å². The van der Waals surface area contributed by atoms with Crippen LogP contribution in [0.15, 0.2) is 53.3 Å². The molecule has 152 valence electrons. The van der Waals surface area contributed by atoms with Crippen molar-refractivity contribution >= 4 is 22.5 Å². The van der Waals surface area contributed by atoms with E-state index in [4.69, 9.17) is 4.74 Å². The average Bonchev–Trinajstić information content (AvgIpc) is 2.66. The van der Waals surface area contributed by atoms with Crippen molar-refractivity contribution in [1.82, 2.24) is 4.57 Å². The van der Waals surface area contributed by atoms with Gasteiger partial charge in [-0.15, -0.1) is 0 Å². The highest BCUT2D eigenvalue weighted by atomic mass is 19.4. The highest BCUT2D eigenvalue weighted by Gasteiger charge is 2.33. The van der Waals surface area contributed by atoms with E-state index in [1.165, 1.54) is 41.0 Å². The third kappa shape index (κ3) is 4.39. The molecule has 0 saturated heterocycles. The van der Waals surface area contributed by atoms with Gasteiger partial charge in [-0.3, -0.25) is 9.59 Å². The molecule has 0 spiro atoms. The second-order valence-electron chi connectivity index (χ2n) is 6.13. The first kappa shape index (κ1) is 20.4. The predicted molar refractivity (Wildman–Crippen MR) is 99.4 cm³/mol. The summed E-state index contributed by atoms with van der Waals surface area (Å²) in [6.07, 6.45) is -4.69. The molecule has 29 heavy (non-hydrogen) atoms. The lowest BCUT2D eigenvalue weighted by Gasteiger charge is -2.15. The Hall–Kier alpha value is -3.36. The van der Waals surface area contributed by atoms with Gasteiger partial charge < -0.3 is 14.6 Å². The number of hydrogen-bond donors (Lipinski definition) is 1. The highest BCUT2D eigenvalue weighted by molar-refractivity contribution is 5.92. The minimum absolute atomic E-state index is 0.0192. The Morgan fingerprint density at radius 1 is 1.14 bits per heavy atom. The molecule has 9 heteroatoms. The van der Waals surface area contributed by atoms with Gasteiger partial charge in [0.05, 0.1) is 16.8 Å². The molecule has 1 N–H and O–H groups in total. The van der Waals surface area contributed by atoms with E-state index in [0.29, 0.717) is 6.07 Å². The van der Waals surface area contributed by atoms with E-state index < -0.39 is 35.6 Å². The lowest BCUT2D eigenvalue weighted by atomic mass is 10.1. The van der Waals surface area contributed by atoms with Gasteiger partial charge in [-0.1, -0.05) is 12.1 Å². The van der Waals surface area contributed by atoms with Crippen molar-refractivity contribution in [3.8, 4) is 5.75 Å². The van der Waals surface area contributed by atoms with E-state index in [-0.39, 0.29) is 28.9 Å². The number of halogens is 4. The minimum Gasteiger partial charge on any atom is -0.484 e. The maximum absolute atomic E-state index is 13.6. The number of aryl methyl sites for hydroxylation is 1. The number of hydrogen-bond acceptors (Lipinski definition) is 3. The first-order valence-electron chi connectivity index (χ1n) is 8.62. The van der Waals surface area contributed by atoms with Crippen LogP contribution in [0.1, 0.15) is 12.5 Å². The monoisotopic (exact) mass is 408 g/mol. The normalized spacial score (nSPS) is 11.5. The summed E-state index contributed by atoms with van der Waals surface area (Å²) in [5, 5.41) is 2.18. The number of nitrogens with one attached hydrogen (secondary N) is 1. The molecule has 0 aliphatic rings. The van der Waals surface area contributed by atoms with Gasteiger partial charge in [0.1, 0.15) is 11.6 Å². The Kier molecular flexibility index (Phi) is 5.58. The predicted octanol–water partition coefficient (Wildman–Crippen LogP) is 4.20. The standard InChI is InChI=1S/C20H16F4N2O3/c1-2-26-17-9-12(7-8-13(17)14(10-19(26)28)20(22,23)24)29-11-18(27)25-16-6-4-3-5-15(16)21/h3-10H,2,11H2,1H3,(H,25,27). The van der Waals surface area contributed by atoms with E-state index in [1.807, 2.05) is 0 Å². The highest BCUT2D eigenvalue weighted by Crippen LogP contribution is 2.34. The van der Waals surface area contributed by atoms with Gasteiger partial charge in [-0.05, 0) is 31.2 Å². The zero-order valence-corrected chi connectivity index (χ0v) is 15.2. The van der Waals surface area contributed by atoms with Gasteiger partial charge in [0.2, 0.25) is 0 Å². The summed E-state index contributed by atoms with van der Waals surface area (Å²) < 4.78 is 59.9. The summed E-state index contributed by atoms with van der Waals surface area (Å²) in [5.74, 6) is -1.16. The Morgan fingerprint density at radius 3 is 2.52 bits per heavy atom. The number of aromatic nitrogens is 1. The Balaban J connectivity index is 1.86. The number of rotatable bonds is 5. The number of carbonyl (C=O) groups excluding carboxylic acids is 1. The molecule has 3 rings (SSSR count). The molecule has 5 nitrogen and oxygen atoms in total. The van der Waals surface area contributed by atoms with Gasteiger partial charge in [-0.2, -0.15) is 13.2 Å². The SMILES string of the molecule is CCn1c(=O)cc(C(F)(F)F)c2ccc(OCC(=O)Nc3ccccc3F)cc21. The van der Waals surface area contributed by atoms with Gasteiger partial charge in [-0.25, -0.2) is 4.39 Å². The molecule has 0 unspecified atom stereocenters. The average molecular weight is 408 g/mol. The number of nitrogens with zero attached hydrogens (tertiary/aromatic N) is 1. The molecular formula is C20H16F4N2O3. The molecule has 0 fully saturated rings. The largest absolute Gasteiger partial charge is 0.484 e. The number of benzene rings is 2. The van der Waals surface area contributed by atoms with Crippen molar-refractivity contribution < 1.29 is 27.1 Å². The number of para-hydroxylation sites is 1. The number of carbonyl (C=O) groups is 1. The maximum atomic E-state index is 13.6. The van der Waals surface area contributed by atoms with E-state index >= 15 is 0 Å². The van der Waals surface area contributed by atoms with E-state index in [9.17, 15) is 27.2 Å². The molecule has 0 aliphatic carbocycles. The zero-order valence-electron chi connectivity index (χ0n) is 15.2. The van der Waals surface area contributed by atoms with E-state index in [1.54, 1.807) is 13.0 Å². The van der Waals surface area contributed by atoms with E-state index in [2.05, 4.69) is 5.32 Å². The summed E-state index contributed by atoms with van der Waals surface area (Å²) in [4.78, 5) is 24.0. The fraction of sp³-hybridized carbons (Fsp3) is 0.200. The van der Waals surface area contributed by atoms with Crippen LogP contribution in [0.3, 0.4) is 0 Å². The van der Waals surface area contributed by atoms with Crippen LogP contribution in [0.2, 0.25) is 0 Å². The van der Waals surface area contributed by atoms with Gasteiger partial charge in [0.25, 0.3) is 11.5 Å². The molecule has 0 saturated carbocycles. The summed E-state index contributed by atoms with van der Waals surface area (Å²) in [7, 11) is 0. The number of pyridine rings is 1. The molecular weight excluding hydrogens is 392 g/mol. The van der Waals surface area contributed by atoms with Crippen LogP contribution in [-0.2, 0) is 17.5 Å². The third-order valence-corrected chi connectivity index (χ3v) is 4.22. The van der Waals surface area contributed by atoms with Gasteiger partial charge in [0, 0.05) is 24.1 Å². The molecule has 0 radical (unpaired) electrons. The van der Waals surface area contributed by atoms with Crippen LogP contribution in [-0.4, -0.2) is 17.1 Å². The number of amides is 1. The van der Waals surface area contributed by atoms with Crippen LogP contribution in [0.4, 0.5) is 23.2 Å². The van der Waals surface area contributed by atoms with Crippen LogP contribution >= 0.6 is 0 Å². The van der Waals surface area contributed by atoms with Crippen molar-refractivity contribution in [2.75, 3.05) is 11.9 Å². The zero-order chi connectivity index (χ0) is 21.2. The lowest BCUT2D eigenvalue weighted by molar-refractivity contribution is -0.136. The van der Waals surface area contributed by atoms with Crippen molar-refractivity contribution in [2.24, 2.45) is 0 Å². The van der Waals surface area contributed by atoms with Crippen molar-refractivity contribution in [3.05, 3.63) is 70.3 Å². The molecule has 1 heterocycles. The fourth-order valence-corrected chi connectivity index (χ4v) is 2.91. The summed E-state index contributed by atoms with van der Waals surface area (Å²) >= 11 is 0. The number of alkyl halides is 3. The van der Waals surface area contributed by atoms with Crippen LogP contribution in [0.5, 0.6) is 5.75 Å². The first-order valence-corrected chi connectivity index (χ1v) is 8.62. The first-order chi connectivity index (χ1) is 13.7. The van der Waals surface area contributed by atoms with Crippen molar-refractivity contribution in [3.63, 3.8) is 0 Å². The summed E-state index contributed by atoms with van der Waals surface area (Å²) in [6.45, 7) is 1.29. The molecule has 0 atom stereocenters. The Bertz CT molecular complexity index is 1120. The molecule has 0 aliphatic heterocycles. The quantitative estimate of drug-likeness (QED) is 0.644. The topological polar surface area (TPSA) is 60.3 Å². The van der Waals surface area contributed by atoms with Gasteiger partial charge >= 0.3 is 6.18 Å². The Morgan fingerprint density at radius 2 is 1.86 bits per heavy atom. The molecule has 3 aromatic rings. The summed E-state index contributed by atoms with van der Waals surface area (Å²) in [6, 6.07) is 9.88. The minimum atomic E-state index is -4.69. The summed E-state index contributed by atoms with van der Waals surface area (Å²) in [5.41, 5.74) is -1.80. The fourth-order valence-electron chi connectivity index (χ4n) is 2.91. The lowest BCUT2D eigenvalue weighted by Crippen LogP contribution is -2.23. The van der Waals surface area contributed by atoms with Crippen molar-refractivity contribution in [2.45, 2.75) is 19.6 Å². The number of fused-ring (bicyclic) bond motifs is 1. The van der Waals surface area contributed by atoms with Crippen LogP contribution in [0, 0.1) is 5.82 Å². The molecule has 1 amide bonds. The molecule has 1 aromatic heterocycles. The van der Waals surface area contributed by atoms with Crippen molar-refractivity contribution in [1.29, 1.82) is 0 Å². The second-order valence-corrected chi connectivity index (χ2v) is 6.13. The molecule has 0 bridgehead atoms.